The molecule has 8 nitrogen and oxygen atoms in total. The van der Waals surface area contributed by atoms with Crippen LogP contribution in [0.25, 0.3) is 0 Å². The molecule has 0 unspecified atom stereocenters. The van der Waals surface area contributed by atoms with Crippen LogP contribution in [0.3, 0.4) is 0 Å². The number of phenols is 2. The summed E-state index contributed by atoms with van der Waals surface area (Å²) in [7, 11) is 0. The number of nitrogens with zero attached hydrogens (tertiary/aromatic N) is 2. The van der Waals surface area contributed by atoms with Crippen LogP contribution in [0.4, 0.5) is 0 Å². The van der Waals surface area contributed by atoms with E-state index in [0.29, 0.717) is 24.3 Å². The lowest BCUT2D eigenvalue weighted by Gasteiger charge is -2.09. The third-order valence-corrected chi connectivity index (χ3v) is 3.89. The Morgan fingerprint density at radius 3 is 1.43 bits per heavy atom. The Balaban J connectivity index is 2.13. The van der Waals surface area contributed by atoms with Crippen molar-refractivity contribution in [2.45, 2.75) is 26.7 Å². The molecule has 0 aliphatic heterocycles. The minimum Gasteiger partial charge on any atom is -0.507 e. The number of benzene rings is 2. The molecule has 0 aliphatic rings. The first-order valence-electron chi connectivity index (χ1n) is 8.78. The van der Waals surface area contributed by atoms with Crippen LogP contribution in [0.1, 0.15) is 47.4 Å². The molecule has 146 valence electrons. The molecule has 0 saturated heterocycles. The number of rotatable bonds is 7. The summed E-state index contributed by atoms with van der Waals surface area (Å²) in [6.45, 7) is 3.67. The van der Waals surface area contributed by atoms with Gasteiger partial charge in [-0.1, -0.05) is 38.1 Å². The molecule has 2 aromatic carbocycles. The molecule has 2 amide bonds. The summed E-state index contributed by atoms with van der Waals surface area (Å²) in [4.78, 5) is 24.3. The topological polar surface area (TPSA) is 123 Å². The number of carbonyl (C=O) groups is 2. The molecule has 0 heterocycles. The fraction of sp³-hybridized carbons (Fsp3) is 0.200. The van der Waals surface area contributed by atoms with Gasteiger partial charge < -0.3 is 10.2 Å². The van der Waals surface area contributed by atoms with Gasteiger partial charge in [0.15, 0.2) is 0 Å². The number of carbonyl (C=O) groups excluding carboxylic acids is 2. The summed E-state index contributed by atoms with van der Waals surface area (Å²) >= 11 is 0. The molecule has 0 aromatic heterocycles. The van der Waals surface area contributed by atoms with E-state index in [0.717, 1.165) is 0 Å². The van der Waals surface area contributed by atoms with E-state index < -0.39 is 11.8 Å². The maximum absolute atomic E-state index is 12.2. The molecule has 4 N–H and O–H groups in total. The lowest BCUT2D eigenvalue weighted by molar-refractivity contribution is 0.0943. The monoisotopic (exact) mass is 382 g/mol. The van der Waals surface area contributed by atoms with Crippen LogP contribution in [0, 0.1) is 0 Å². The van der Waals surface area contributed by atoms with Crippen LogP contribution in [0.15, 0.2) is 58.7 Å². The average Bonchev–Trinajstić information content (AvgIpc) is 2.70. The Kier molecular flexibility index (Phi) is 7.27. The number of hydrogen-bond acceptors (Lipinski definition) is 6. The van der Waals surface area contributed by atoms with E-state index in [-0.39, 0.29) is 22.6 Å². The van der Waals surface area contributed by atoms with Gasteiger partial charge in [0.1, 0.15) is 11.5 Å². The van der Waals surface area contributed by atoms with Gasteiger partial charge in [0.25, 0.3) is 11.8 Å². The van der Waals surface area contributed by atoms with Gasteiger partial charge >= 0.3 is 0 Å². The SMILES string of the molecule is CCC(=N\NC(=O)c1ccccc1O)/C(CC)=N/NC(=O)c1ccccc1O. The first-order chi connectivity index (χ1) is 13.5. The number of aromatic hydroxyl groups is 2. The van der Waals surface area contributed by atoms with Crippen molar-refractivity contribution in [2.75, 3.05) is 0 Å². The molecule has 0 fully saturated rings. The van der Waals surface area contributed by atoms with Crippen LogP contribution in [-0.2, 0) is 0 Å². The summed E-state index contributed by atoms with van der Waals surface area (Å²) in [6.07, 6.45) is 0.917. The first-order valence-corrected chi connectivity index (χ1v) is 8.78. The highest BCUT2D eigenvalue weighted by Crippen LogP contribution is 2.16. The second-order valence-electron chi connectivity index (χ2n) is 5.74. The highest BCUT2D eigenvalue weighted by molar-refractivity contribution is 6.42. The smallest absolute Gasteiger partial charge is 0.275 e. The zero-order valence-corrected chi connectivity index (χ0v) is 15.6. The zero-order valence-electron chi connectivity index (χ0n) is 15.6. The quantitative estimate of drug-likeness (QED) is 0.434. The Hall–Kier alpha value is -3.68. The molecule has 0 spiro atoms. The lowest BCUT2D eigenvalue weighted by atomic mass is 10.1. The highest BCUT2D eigenvalue weighted by atomic mass is 16.3. The van der Waals surface area contributed by atoms with Crippen molar-refractivity contribution in [1.82, 2.24) is 10.9 Å². The highest BCUT2D eigenvalue weighted by Gasteiger charge is 2.13. The van der Waals surface area contributed by atoms with Gasteiger partial charge in [0, 0.05) is 0 Å². The lowest BCUT2D eigenvalue weighted by Crippen LogP contribution is -2.26. The van der Waals surface area contributed by atoms with Gasteiger partial charge in [-0.25, -0.2) is 10.9 Å². The van der Waals surface area contributed by atoms with Gasteiger partial charge in [-0.3, -0.25) is 9.59 Å². The van der Waals surface area contributed by atoms with Gasteiger partial charge in [-0.05, 0) is 37.1 Å². The van der Waals surface area contributed by atoms with Gasteiger partial charge in [0.2, 0.25) is 0 Å². The van der Waals surface area contributed by atoms with E-state index in [1.54, 1.807) is 24.3 Å². The third kappa shape index (κ3) is 5.16. The largest absolute Gasteiger partial charge is 0.507 e. The standard InChI is InChI=1S/C20H22N4O4/c1-3-15(21-23-19(27)13-9-5-7-11-17(13)25)16(4-2)22-24-20(28)14-10-6-8-12-18(14)26/h5-12,25-26H,3-4H2,1-2H3,(H,23,27)(H,24,28)/b21-15+,22-16+. The Labute approximate surface area is 162 Å². The predicted octanol–water partition coefficient (Wildman–Crippen LogP) is 2.79. The molecule has 0 aliphatic carbocycles. The number of hydrogen-bond donors (Lipinski definition) is 4. The first kappa shape index (κ1) is 20.6. The average molecular weight is 382 g/mol. The number of hydrazone groups is 2. The van der Waals surface area contributed by atoms with E-state index in [1.807, 2.05) is 13.8 Å². The summed E-state index contributed by atoms with van der Waals surface area (Å²) in [6, 6.07) is 12.3. The van der Waals surface area contributed by atoms with E-state index in [2.05, 4.69) is 21.1 Å². The van der Waals surface area contributed by atoms with E-state index in [4.69, 9.17) is 0 Å². The summed E-state index contributed by atoms with van der Waals surface area (Å²) in [5.74, 6) is -1.41. The van der Waals surface area contributed by atoms with Gasteiger partial charge in [0.05, 0.1) is 22.6 Å². The molecule has 0 bridgehead atoms. The van der Waals surface area contributed by atoms with Crippen molar-refractivity contribution in [3.8, 4) is 11.5 Å². The van der Waals surface area contributed by atoms with Crippen molar-refractivity contribution < 1.29 is 19.8 Å². The summed E-state index contributed by atoms with van der Waals surface area (Å²) < 4.78 is 0. The fourth-order valence-corrected chi connectivity index (χ4v) is 2.38. The van der Waals surface area contributed by atoms with Crippen molar-refractivity contribution >= 4 is 23.2 Å². The zero-order chi connectivity index (χ0) is 20.5. The minimum atomic E-state index is -0.558. The van der Waals surface area contributed by atoms with E-state index >= 15 is 0 Å². The summed E-state index contributed by atoms with van der Waals surface area (Å²) in [5.41, 5.74) is 5.93. The van der Waals surface area contributed by atoms with Crippen LogP contribution in [0.5, 0.6) is 11.5 Å². The van der Waals surface area contributed by atoms with Gasteiger partial charge in [-0.2, -0.15) is 10.2 Å². The molecule has 2 aromatic rings. The number of phenolic OH excluding ortho intramolecular Hbond substituents is 2. The van der Waals surface area contributed by atoms with Crippen LogP contribution in [-0.4, -0.2) is 33.5 Å². The number of nitrogens with one attached hydrogen (secondary N) is 2. The predicted molar refractivity (Wildman–Crippen MR) is 107 cm³/mol. The van der Waals surface area contributed by atoms with Crippen LogP contribution >= 0.6 is 0 Å². The normalized spacial score (nSPS) is 11.8. The maximum atomic E-state index is 12.2. The van der Waals surface area contributed by atoms with Crippen LogP contribution < -0.4 is 10.9 Å². The van der Waals surface area contributed by atoms with E-state index in [9.17, 15) is 19.8 Å². The Morgan fingerprint density at radius 2 is 1.11 bits per heavy atom. The van der Waals surface area contributed by atoms with E-state index in [1.165, 1.54) is 24.3 Å². The third-order valence-electron chi connectivity index (χ3n) is 3.89. The second kappa shape index (κ2) is 9.86. The molecule has 0 atom stereocenters. The number of amides is 2. The number of para-hydroxylation sites is 2. The van der Waals surface area contributed by atoms with Crippen molar-refractivity contribution in [1.29, 1.82) is 0 Å². The van der Waals surface area contributed by atoms with Gasteiger partial charge in [-0.15, -0.1) is 0 Å². The molecule has 2 rings (SSSR count). The summed E-state index contributed by atoms with van der Waals surface area (Å²) in [5, 5.41) is 27.6. The molecule has 28 heavy (non-hydrogen) atoms. The Morgan fingerprint density at radius 1 is 0.750 bits per heavy atom. The molecular weight excluding hydrogens is 360 g/mol. The molecule has 0 radical (unpaired) electrons. The molecular formula is C20H22N4O4. The molecule has 8 heteroatoms. The van der Waals surface area contributed by atoms with Crippen molar-refractivity contribution in [3.05, 3.63) is 59.7 Å². The Bertz CT molecular complexity index is 846. The van der Waals surface area contributed by atoms with Crippen LogP contribution in [0.2, 0.25) is 0 Å². The van der Waals surface area contributed by atoms with Crippen molar-refractivity contribution in [3.63, 3.8) is 0 Å². The fourth-order valence-electron chi connectivity index (χ4n) is 2.38. The minimum absolute atomic E-state index is 0.101. The van der Waals surface area contributed by atoms with Crippen molar-refractivity contribution in [2.24, 2.45) is 10.2 Å². The second-order valence-corrected chi connectivity index (χ2v) is 5.74. The maximum Gasteiger partial charge on any atom is 0.275 e. The molecule has 0 saturated carbocycles.